The van der Waals surface area contributed by atoms with Crippen molar-refractivity contribution in [3.05, 3.63) is 86.5 Å². The maximum absolute atomic E-state index is 12.8. The van der Waals surface area contributed by atoms with Gasteiger partial charge in [-0.15, -0.1) is 0 Å². The van der Waals surface area contributed by atoms with E-state index in [0.717, 1.165) is 37.4 Å². The number of hydrogen-bond acceptors (Lipinski definition) is 6. The number of hydrogen-bond donors (Lipinski definition) is 0. The molecule has 31 heavy (non-hydrogen) atoms. The number of nitrogens with zero attached hydrogens (tertiary/aromatic N) is 5. The Morgan fingerprint density at radius 1 is 1.03 bits per heavy atom. The molecule has 1 aromatic carbocycles. The molecule has 8 heteroatoms. The molecule has 1 spiro atoms. The summed E-state index contributed by atoms with van der Waals surface area (Å²) in [6, 6.07) is 11.5. The van der Waals surface area contributed by atoms with Crippen LogP contribution in [0.2, 0.25) is 0 Å². The highest BCUT2D eigenvalue weighted by Crippen LogP contribution is 2.39. The molecule has 5 rings (SSSR count). The van der Waals surface area contributed by atoms with E-state index in [9.17, 15) is 9.59 Å². The molecular formula is C23H25N5O3. The number of methoxy groups -OCH3 is 1. The van der Waals surface area contributed by atoms with Crippen LogP contribution in [0.25, 0.3) is 0 Å². The van der Waals surface area contributed by atoms with E-state index >= 15 is 0 Å². The molecule has 2 aliphatic rings. The fraction of sp³-hybridized carbons (Fsp3) is 0.391. The zero-order chi connectivity index (χ0) is 21.4. The second kappa shape index (κ2) is 7.77. The summed E-state index contributed by atoms with van der Waals surface area (Å²) in [5, 5.41) is 4.59. The average Bonchev–Trinajstić information content (AvgIpc) is 3.35. The molecule has 0 aliphatic carbocycles. The first-order valence-electron chi connectivity index (χ1n) is 10.5. The Labute approximate surface area is 179 Å². The summed E-state index contributed by atoms with van der Waals surface area (Å²) < 4.78 is 8.08. The van der Waals surface area contributed by atoms with Crippen LogP contribution in [0.4, 0.5) is 0 Å². The van der Waals surface area contributed by atoms with Crippen molar-refractivity contribution in [2.45, 2.75) is 32.5 Å². The van der Waals surface area contributed by atoms with Gasteiger partial charge in [0.2, 0.25) is 0 Å². The standard InChI is InChI=1S/C23H25N5O3/c1-31-19-6-4-17(5-7-19)14-28-22(30)21(29)27-16-23(11-20(27)25-28)8-10-26(15-23)13-18-3-2-9-24-12-18/h2-7,9,12H,8,10-11,13-16H2,1H3/t23-/m0/s1. The van der Waals surface area contributed by atoms with Crippen LogP contribution in [-0.2, 0) is 26.1 Å². The van der Waals surface area contributed by atoms with Crippen LogP contribution in [0.3, 0.4) is 0 Å². The zero-order valence-electron chi connectivity index (χ0n) is 17.5. The summed E-state index contributed by atoms with van der Waals surface area (Å²) >= 11 is 0. The van der Waals surface area contributed by atoms with Gasteiger partial charge in [-0.25, -0.2) is 4.68 Å². The minimum absolute atomic E-state index is 0.0346. The molecule has 0 radical (unpaired) electrons. The third-order valence-electron chi connectivity index (χ3n) is 6.37. The summed E-state index contributed by atoms with van der Waals surface area (Å²) in [6.45, 7) is 3.53. The minimum atomic E-state index is -0.568. The predicted molar refractivity (Wildman–Crippen MR) is 115 cm³/mol. The molecule has 4 heterocycles. The molecule has 0 amide bonds. The number of rotatable bonds is 5. The monoisotopic (exact) mass is 419 g/mol. The van der Waals surface area contributed by atoms with Gasteiger partial charge in [0.25, 0.3) is 0 Å². The molecule has 0 bridgehead atoms. The molecule has 8 nitrogen and oxygen atoms in total. The SMILES string of the molecule is COc1ccc(Cn2nc3n(c(=O)c2=O)C[C@@]2(CCN(Cc4cccnc4)C2)C3)cc1. The van der Waals surface area contributed by atoms with E-state index < -0.39 is 11.1 Å². The van der Waals surface area contributed by atoms with Crippen LogP contribution >= 0.6 is 0 Å². The van der Waals surface area contributed by atoms with E-state index in [1.807, 2.05) is 36.5 Å². The lowest BCUT2D eigenvalue weighted by atomic mass is 9.86. The molecule has 2 aromatic heterocycles. The van der Waals surface area contributed by atoms with Gasteiger partial charge < -0.3 is 4.74 Å². The fourth-order valence-electron chi connectivity index (χ4n) is 4.80. The lowest BCUT2D eigenvalue weighted by Crippen LogP contribution is -2.43. The summed E-state index contributed by atoms with van der Waals surface area (Å²) in [4.78, 5) is 32.1. The van der Waals surface area contributed by atoms with Crippen molar-refractivity contribution in [2.24, 2.45) is 5.41 Å². The molecular weight excluding hydrogens is 394 g/mol. The molecule has 2 aliphatic heterocycles. The second-order valence-corrected chi connectivity index (χ2v) is 8.62. The lowest BCUT2D eigenvalue weighted by molar-refractivity contribution is 0.246. The minimum Gasteiger partial charge on any atom is -0.497 e. The molecule has 1 atom stereocenters. The Balaban J connectivity index is 1.35. The van der Waals surface area contributed by atoms with Crippen molar-refractivity contribution in [2.75, 3.05) is 20.2 Å². The Bertz CT molecular complexity index is 1200. The third kappa shape index (κ3) is 3.79. The van der Waals surface area contributed by atoms with E-state index in [1.54, 1.807) is 17.9 Å². The fourth-order valence-corrected chi connectivity index (χ4v) is 4.80. The smallest absolute Gasteiger partial charge is 0.332 e. The molecule has 0 unspecified atom stereocenters. The summed E-state index contributed by atoms with van der Waals surface area (Å²) in [6.07, 6.45) is 5.38. The van der Waals surface area contributed by atoms with Gasteiger partial charge in [0.05, 0.1) is 13.7 Å². The Hall–Kier alpha value is -3.26. The molecule has 1 fully saturated rings. The van der Waals surface area contributed by atoms with E-state index in [1.165, 1.54) is 10.2 Å². The number of fused-ring (bicyclic) bond motifs is 1. The van der Waals surface area contributed by atoms with Crippen molar-refractivity contribution in [3.63, 3.8) is 0 Å². The number of likely N-dealkylation sites (tertiary alicyclic amines) is 1. The van der Waals surface area contributed by atoms with E-state index in [-0.39, 0.29) is 12.0 Å². The van der Waals surface area contributed by atoms with Crippen molar-refractivity contribution in [1.29, 1.82) is 0 Å². The van der Waals surface area contributed by atoms with Crippen molar-refractivity contribution >= 4 is 0 Å². The van der Waals surface area contributed by atoms with Crippen LogP contribution in [0, 0.1) is 5.41 Å². The maximum atomic E-state index is 12.8. The number of benzene rings is 1. The first-order valence-corrected chi connectivity index (χ1v) is 10.5. The third-order valence-corrected chi connectivity index (χ3v) is 6.37. The Kier molecular flexibility index (Phi) is 4.94. The van der Waals surface area contributed by atoms with Crippen LogP contribution < -0.4 is 15.9 Å². The number of pyridine rings is 1. The largest absolute Gasteiger partial charge is 0.497 e. The van der Waals surface area contributed by atoms with Gasteiger partial charge in [0.15, 0.2) is 0 Å². The van der Waals surface area contributed by atoms with Gasteiger partial charge in [-0.3, -0.25) is 24.0 Å². The maximum Gasteiger partial charge on any atom is 0.332 e. The second-order valence-electron chi connectivity index (χ2n) is 8.62. The van der Waals surface area contributed by atoms with Gasteiger partial charge in [0, 0.05) is 43.9 Å². The van der Waals surface area contributed by atoms with E-state index in [4.69, 9.17) is 4.74 Å². The highest BCUT2D eigenvalue weighted by molar-refractivity contribution is 5.27. The first-order chi connectivity index (χ1) is 15.0. The molecule has 160 valence electrons. The molecule has 3 aromatic rings. The van der Waals surface area contributed by atoms with E-state index in [0.29, 0.717) is 18.8 Å². The predicted octanol–water partition coefficient (Wildman–Crippen LogP) is 1.31. The summed E-state index contributed by atoms with van der Waals surface area (Å²) in [7, 11) is 1.61. The highest BCUT2D eigenvalue weighted by atomic mass is 16.5. The van der Waals surface area contributed by atoms with Crippen molar-refractivity contribution in [3.8, 4) is 5.75 Å². The normalized spacial score (nSPS) is 20.3. The van der Waals surface area contributed by atoms with Crippen LogP contribution in [-0.4, -0.2) is 44.4 Å². The van der Waals surface area contributed by atoms with Gasteiger partial charge >= 0.3 is 11.1 Å². The summed E-state index contributed by atoms with van der Waals surface area (Å²) in [5.74, 6) is 1.46. The van der Waals surface area contributed by atoms with Crippen molar-refractivity contribution < 1.29 is 4.74 Å². The quantitative estimate of drug-likeness (QED) is 0.580. The zero-order valence-corrected chi connectivity index (χ0v) is 17.5. The topological polar surface area (TPSA) is 82.2 Å². The van der Waals surface area contributed by atoms with Crippen molar-refractivity contribution in [1.82, 2.24) is 24.2 Å². The Morgan fingerprint density at radius 2 is 1.87 bits per heavy atom. The molecule has 0 saturated carbocycles. The van der Waals surface area contributed by atoms with Gasteiger partial charge in [0.1, 0.15) is 11.6 Å². The van der Waals surface area contributed by atoms with Crippen LogP contribution in [0.15, 0.2) is 58.4 Å². The number of ether oxygens (including phenoxy) is 1. The number of aromatic nitrogens is 4. The van der Waals surface area contributed by atoms with Gasteiger partial charge in [-0.1, -0.05) is 18.2 Å². The highest BCUT2D eigenvalue weighted by Gasteiger charge is 2.44. The molecule has 1 saturated heterocycles. The van der Waals surface area contributed by atoms with Crippen LogP contribution in [0.5, 0.6) is 5.75 Å². The summed E-state index contributed by atoms with van der Waals surface area (Å²) in [5.41, 5.74) is 1.01. The molecule has 0 N–H and O–H groups in total. The average molecular weight is 419 g/mol. The van der Waals surface area contributed by atoms with E-state index in [2.05, 4.69) is 21.0 Å². The Morgan fingerprint density at radius 3 is 2.61 bits per heavy atom. The van der Waals surface area contributed by atoms with Crippen LogP contribution in [0.1, 0.15) is 23.4 Å². The van der Waals surface area contributed by atoms with Gasteiger partial charge in [-0.05, 0) is 42.3 Å². The lowest BCUT2D eigenvalue weighted by Gasteiger charge is -2.22. The first kappa shape index (κ1) is 19.7. The van der Waals surface area contributed by atoms with Gasteiger partial charge in [-0.2, -0.15) is 5.10 Å².